The number of carboxylic acids is 1. The number of benzene rings is 2. The quantitative estimate of drug-likeness (QED) is 0.763. The molecular formula is C17H10ClFN2O3. The van der Waals surface area contributed by atoms with Gasteiger partial charge in [-0.1, -0.05) is 28.9 Å². The van der Waals surface area contributed by atoms with Crippen LogP contribution in [-0.2, 0) is 0 Å². The Morgan fingerprint density at radius 2 is 1.79 bits per heavy atom. The van der Waals surface area contributed by atoms with Crippen molar-refractivity contribution in [3.05, 3.63) is 71.4 Å². The van der Waals surface area contributed by atoms with Gasteiger partial charge in [0.15, 0.2) is 0 Å². The average molecular weight is 345 g/mol. The lowest BCUT2D eigenvalue weighted by Crippen LogP contribution is -1.94. The van der Waals surface area contributed by atoms with Crippen LogP contribution < -0.4 is 0 Å². The molecule has 0 fully saturated rings. The van der Waals surface area contributed by atoms with Crippen LogP contribution in [0.3, 0.4) is 0 Å². The van der Waals surface area contributed by atoms with E-state index >= 15 is 0 Å². The van der Waals surface area contributed by atoms with Crippen LogP contribution in [0.5, 0.6) is 0 Å². The zero-order chi connectivity index (χ0) is 17.1. The number of rotatable bonds is 4. The normalized spacial score (nSPS) is 11.5. The van der Waals surface area contributed by atoms with E-state index in [-0.39, 0.29) is 28.1 Å². The van der Waals surface area contributed by atoms with Crippen LogP contribution in [-0.4, -0.2) is 21.2 Å². The maximum Gasteiger partial charge on any atom is 0.335 e. The van der Waals surface area contributed by atoms with E-state index in [9.17, 15) is 9.18 Å². The zero-order valence-electron chi connectivity index (χ0n) is 12.1. The second-order valence-electron chi connectivity index (χ2n) is 4.85. The Balaban J connectivity index is 1.83. The molecule has 0 spiro atoms. The minimum Gasteiger partial charge on any atom is -0.478 e. The number of aromatic nitrogens is 2. The Morgan fingerprint density at radius 1 is 1.12 bits per heavy atom. The summed E-state index contributed by atoms with van der Waals surface area (Å²) in [6, 6.07) is 11.8. The van der Waals surface area contributed by atoms with Crippen molar-refractivity contribution in [2.75, 3.05) is 0 Å². The minimum absolute atomic E-state index is 0.110. The van der Waals surface area contributed by atoms with Crippen LogP contribution in [0.15, 0.2) is 53.1 Å². The molecule has 3 rings (SSSR count). The Bertz CT molecular complexity index is 902. The fourth-order valence-corrected chi connectivity index (χ4v) is 2.17. The highest BCUT2D eigenvalue weighted by atomic mass is 35.5. The number of hydrogen-bond donors (Lipinski definition) is 1. The molecule has 0 amide bonds. The predicted octanol–water partition coefficient (Wildman–Crippen LogP) is 4.31. The molecule has 5 nitrogen and oxygen atoms in total. The van der Waals surface area contributed by atoms with Crippen molar-refractivity contribution in [2.24, 2.45) is 0 Å². The minimum atomic E-state index is -1.00. The number of halogens is 2. The monoisotopic (exact) mass is 344 g/mol. The molecular weight excluding hydrogens is 335 g/mol. The molecule has 0 radical (unpaired) electrons. The maximum atomic E-state index is 12.9. The van der Waals surface area contributed by atoms with Crippen LogP contribution in [0.25, 0.3) is 22.5 Å². The van der Waals surface area contributed by atoms with Gasteiger partial charge in [0.25, 0.3) is 5.89 Å². The highest BCUT2D eigenvalue weighted by molar-refractivity contribution is 6.50. The fourth-order valence-electron chi connectivity index (χ4n) is 1.97. The van der Waals surface area contributed by atoms with Gasteiger partial charge in [0.2, 0.25) is 5.82 Å². The third-order valence-corrected chi connectivity index (χ3v) is 3.45. The van der Waals surface area contributed by atoms with E-state index in [2.05, 4.69) is 10.1 Å². The first-order chi connectivity index (χ1) is 11.5. The van der Waals surface area contributed by atoms with Crippen LogP contribution >= 0.6 is 11.6 Å². The molecule has 3 aromatic rings. The molecule has 0 saturated carbocycles. The Morgan fingerprint density at radius 3 is 2.42 bits per heavy atom. The molecule has 24 heavy (non-hydrogen) atoms. The highest BCUT2D eigenvalue weighted by Crippen LogP contribution is 2.24. The molecule has 0 saturated heterocycles. The Kier molecular flexibility index (Phi) is 4.39. The Hall–Kier alpha value is -2.99. The van der Waals surface area contributed by atoms with Crippen molar-refractivity contribution in [3.8, 4) is 11.4 Å². The summed E-state index contributed by atoms with van der Waals surface area (Å²) in [6.07, 6.45) is 1.58. The van der Waals surface area contributed by atoms with E-state index in [4.69, 9.17) is 21.2 Å². The first kappa shape index (κ1) is 15.9. The van der Waals surface area contributed by atoms with Gasteiger partial charge in [-0.15, -0.1) is 0 Å². The summed E-state index contributed by atoms with van der Waals surface area (Å²) in [5.41, 5.74) is 1.47. The summed E-state index contributed by atoms with van der Waals surface area (Å²) in [6.45, 7) is 0. The lowest BCUT2D eigenvalue weighted by Gasteiger charge is -1.97. The number of nitrogens with zero attached hydrogens (tertiary/aromatic N) is 2. The number of carboxylic acid groups (broad SMARTS) is 1. The molecule has 0 unspecified atom stereocenters. The van der Waals surface area contributed by atoms with Crippen LogP contribution in [0, 0.1) is 5.82 Å². The van der Waals surface area contributed by atoms with Gasteiger partial charge < -0.3 is 9.63 Å². The molecule has 7 heteroatoms. The molecule has 0 aliphatic heterocycles. The van der Waals surface area contributed by atoms with E-state index in [1.165, 1.54) is 36.4 Å². The van der Waals surface area contributed by atoms with E-state index in [1.807, 2.05) is 0 Å². The van der Waals surface area contributed by atoms with Gasteiger partial charge in [-0.05, 0) is 48.0 Å². The standard InChI is InChI=1S/C17H10ClFN2O3/c18-14(9-10-1-3-12(4-2-10)17(22)23)16-20-15(21-24-16)11-5-7-13(19)8-6-11/h1-9H,(H,22,23)/b14-9-. The summed E-state index contributed by atoms with van der Waals surface area (Å²) in [5, 5.41) is 12.9. The summed E-state index contributed by atoms with van der Waals surface area (Å²) in [5.74, 6) is -0.959. The van der Waals surface area contributed by atoms with Crippen molar-refractivity contribution in [1.29, 1.82) is 0 Å². The molecule has 1 aromatic heterocycles. The van der Waals surface area contributed by atoms with Crippen molar-refractivity contribution in [1.82, 2.24) is 10.1 Å². The second-order valence-corrected chi connectivity index (χ2v) is 5.26. The van der Waals surface area contributed by atoms with Gasteiger partial charge in [-0.25, -0.2) is 9.18 Å². The van der Waals surface area contributed by atoms with Gasteiger partial charge in [-0.3, -0.25) is 0 Å². The van der Waals surface area contributed by atoms with Crippen molar-refractivity contribution in [3.63, 3.8) is 0 Å². The van der Waals surface area contributed by atoms with Gasteiger partial charge >= 0.3 is 5.97 Å². The largest absolute Gasteiger partial charge is 0.478 e. The third-order valence-electron chi connectivity index (χ3n) is 3.18. The first-order valence-electron chi connectivity index (χ1n) is 6.83. The lowest BCUT2D eigenvalue weighted by atomic mass is 10.1. The SMILES string of the molecule is O=C(O)c1ccc(/C=C(\Cl)c2nc(-c3ccc(F)cc3)no2)cc1. The molecule has 0 aliphatic rings. The van der Waals surface area contributed by atoms with Crippen LogP contribution in [0.2, 0.25) is 0 Å². The smallest absolute Gasteiger partial charge is 0.335 e. The molecule has 0 aliphatic carbocycles. The van der Waals surface area contributed by atoms with E-state index in [0.29, 0.717) is 11.1 Å². The van der Waals surface area contributed by atoms with Gasteiger partial charge in [0.1, 0.15) is 10.8 Å². The fraction of sp³-hybridized carbons (Fsp3) is 0. The van der Waals surface area contributed by atoms with Gasteiger partial charge in [0.05, 0.1) is 5.56 Å². The van der Waals surface area contributed by atoms with Gasteiger partial charge in [0, 0.05) is 5.56 Å². The topological polar surface area (TPSA) is 76.2 Å². The van der Waals surface area contributed by atoms with E-state index in [1.54, 1.807) is 18.2 Å². The Labute approximate surface area is 141 Å². The van der Waals surface area contributed by atoms with Crippen molar-refractivity contribution in [2.45, 2.75) is 0 Å². The number of carbonyl (C=O) groups is 1. The predicted molar refractivity (Wildman–Crippen MR) is 86.8 cm³/mol. The van der Waals surface area contributed by atoms with Gasteiger partial charge in [-0.2, -0.15) is 4.98 Å². The number of hydrogen-bond acceptors (Lipinski definition) is 4. The second kappa shape index (κ2) is 6.64. The average Bonchev–Trinajstić information content (AvgIpc) is 3.06. The molecule has 0 atom stereocenters. The molecule has 120 valence electrons. The summed E-state index contributed by atoms with van der Waals surface area (Å²) in [7, 11) is 0. The van der Waals surface area contributed by atoms with Crippen LogP contribution in [0.4, 0.5) is 4.39 Å². The van der Waals surface area contributed by atoms with E-state index in [0.717, 1.165) is 0 Å². The highest BCUT2D eigenvalue weighted by Gasteiger charge is 2.12. The third kappa shape index (κ3) is 3.49. The number of aromatic carboxylic acids is 1. The van der Waals surface area contributed by atoms with E-state index < -0.39 is 5.97 Å². The zero-order valence-corrected chi connectivity index (χ0v) is 12.9. The molecule has 0 bridgehead atoms. The molecule has 2 aromatic carbocycles. The summed E-state index contributed by atoms with van der Waals surface area (Å²) in [4.78, 5) is 15.0. The maximum absolute atomic E-state index is 12.9. The first-order valence-corrected chi connectivity index (χ1v) is 7.21. The summed E-state index contributed by atoms with van der Waals surface area (Å²) < 4.78 is 18.0. The lowest BCUT2D eigenvalue weighted by molar-refractivity contribution is 0.0697. The summed E-state index contributed by atoms with van der Waals surface area (Å²) >= 11 is 6.16. The molecule has 1 N–H and O–H groups in total. The van der Waals surface area contributed by atoms with Crippen LogP contribution in [0.1, 0.15) is 21.8 Å². The van der Waals surface area contributed by atoms with Crippen molar-refractivity contribution < 1.29 is 18.8 Å². The van der Waals surface area contributed by atoms with Crippen molar-refractivity contribution >= 4 is 28.7 Å². The molecule has 1 heterocycles.